The Kier molecular flexibility index (Phi) is 8.43. The normalized spacial score (nSPS) is 11.2. The fraction of sp³-hybridized carbons (Fsp3) is 0.280. The molecule has 3 N–H and O–H groups in total. The van der Waals surface area contributed by atoms with E-state index in [1.807, 2.05) is 24.3 Å². The molecule has 7 nitrogen and oxygen atoms in total. The fourth-order valence-electron chi connectivity index (χ4n) is 3.34. The first-order valence-corrected chi connectivity index (χ1v) is 12.5. The van der Waals surface area contributed by atoms with Crippen molar-refractivity contribution in [3.05, 3.63) is 72.3 Å². The second kappa shape index (κ2) is 11.5. The summed E-state index contributed by atoms with van der Waals surface area (Å²) < 4.78 is 28.0. The van der Waals surface area contributed by atoms with Crippen molar-refractivity contribution in [1.82, 2.24) is 10.6 Å². The summed E-state index contributed by atoms with van der Waals surface area (Å²) in [6.07, 6.45) is 4.26. The molecule has 0 aromatic heterocycles. The average Bonchev–Trinajstić information content (AvgIpc) is 2.82. The molecule has 0 aliphatic rings. The number of amides is 2. The van der Waals surface area contributed by atoms with Gasteiger partial charge in [-0.3, -0.25) is 14.3 Å². The van der Waals surface area contributed by atoms with Crippen LogP contribution in [0.1, 0.15) is 43.0 Å². The highest BCUT2D eigenvalue weighted by Crippen LogP contribution is 2.21. The van der Waals surface area contributed by atoms with Crippen LogP contribution in [0.15, 0.2) is 71.6 Å². The quantitative estimate of drug-likeness (QED) is 0.370. The lowest BCUT2D eigenvalue weighted by Gasteiger charge is -2.10. The van der Waals surface area contributed by atoms with Crippen molar-refractivity contribution < 1.29 is 18.0 Å². The second-order valence-electron chi connectivity index (χ2n) is 7.79. The van der Waals surface area contributed by atoms with E-state index in [4.69, 9.17) is 0 Å². The van der Waals surface area contributed by atoms with Crippen molar-refractivity contribution in [2.75, 3.05) is 17.8 Å². The molecule has 0 unspecified atom stereocenters. The van der Waals surface area contributed by atoms with E-state index in [-0.39, 0.29) is 17.3 Å². The van der Waals surface area contributed by atoms with Gasteiger partial charge in [-0.05, 0) is 53.6 Å². The van der Waals surface area contributed by atoms with Crippen LogP contribution in [0.3, 0.4) is 0 Å². The number of carbonyl (C=O) groups is 2. The maximum atomic E-state index is 12.8. The predicted molar refractivity (Wildman–Crippen MR) is 131 cm³/mol. The Hall–Kier alpha value is -3.39. The summed E-state index contributed by atoms with van der Waals surface area (Å²) in [4.78, 5) is 24.3. The Balaban J connectivity index is 1.53. The first-order valence-electron chi connectivity index (χ1n) is 11.1. The zero-order valence-corrected chi connectivity index (χ0v) is 19.5. The molecule has 3 aromatic rings. The molecule has 0 aliphatic carbocycles. The fourth-order valence-corrected chi connectivity index (χ4v) is 4.44. The molecule has 3 rings (SSSR count). The Morgan fingerprint density at radius 2 is 1.55 bits per heavy atom. The van der Waals surface area contributed by atoms with E-state index in [1.165, 1.54) is 24.3 Å². The van der Waals surface area contributed by atoms with Crippen LogP contribution in [0.4, 0.5) is 5.69 Å². The van der Waals surface area contributed by atoms with E-state index in [9.17, 15) is 18.0 Å². The molecule has 0 spiro atoms. The smallest absolute Gasteiger partial charge is 0.261 e. The maximum absolute atomic E-state index is 12.8. The number of carbonyl (C=O) groups excluding carboxylic acids is 2. The number of rotatable bonds is 11. The SMILES string of the molecule is CCCCCCNC(=O)CNC(=O)c1ccc(NS(=O)(=O)c2ccc3ccccc3c2)cc1. The summed E-state index contributed by atoms with van der Waals surface area (Å²) in [5.41, 5.74) is 0.670. The molecule has 0 saturated carbocycles. The van der Waals surface area contributed by atoms with Crippen LogP contribution < -0.4 is 15.4 Å². The monoisotopic (exact) mass is 467 g/mol. The number of unbranched alkanes of at least 4 members (excludes halogenated alkanes) is 3. The zero-order chi connectivity index (χ0) is 23.7. The van der Waals surface area contributed by atoms with Crippen molar-refractivity contribution in [2.24, 2.45) is 0 Å². The maximum Gasteiger partial charge on any atom is 0.261 e. The van der Waals surface area contributed by atoms with Crippen LogP contribution in [0.5, 0.6) is 0 Å². The van der Waals surface area contributed by atoms with Gasteiger partial charge < -0.3 is 10.6 Å². The molecule has 33 heavy (non-hydrogen) atoms. The lowest BCUT2D eigenvalue weighted by molar-refractivity contribution is -0.120. The summed E-state index contributed by atoms with van der Waals surface area (Å²) >= 11 is 0. The number of benzene rings is 3. The summed E-state index contributed by atoms with van der Waals surface area (Å²) in [7, 11) is -3.78. The Labute approximate surface area is 194 Å². The van der Waals surface area contributed by atoms with Gasteiger partial charge in [-0.25, -0.2) is 8.42 Å². The van der Waals surface area contributed by atoms with Gasteiger partial charge in [0.1, 0.15) is 0 Å². The molecule has 2 amide bonds. The van der Waals surface area contributed by atoms with E-state index in [2.05, 4.69) is 22.3 Å². The van der Waals surface area contributed by atoms with E-state index >= 15 is 0 Å². The van der Waals surface area contributed by atoms with Gasteiger partial charge in [0.15, 0.2) is 0 Å². The minimum Gasteiger partial charge on any atom is -0.355 e. The lowest BCUT2D eigenvalue weighted by Crippen LogP contribution is -2.37. The number of hydrogen-bond donors (Lipinski definition) is 3. The Morgan fingerprint density at radius 1 is 0.818 bits per heavy atom. The van der Waals surface area contributed by atoms with Gasteiger partial charge in [0, 0.05) is 17.8 Å². The second-order valence-corrected chi connectivity index (χ2v) is 9.47. The van der Waals surface area contributed by atoms with E-state index in [0.717, 1.165) is 36.5 Å². The molecule has 0 saturated heterocycles. The van der Waals surface area contributed by atoms with Crippen molar-refractivity contribution in [1.29, 1.82) is 0 Å². The van der Waals surface area contributed by atoms with Gasteiger partial charge in [-0.2, -0.15) is 0 Å². The molecule has 0 radical (unpaired) electrons. The third-order valence-electron chi connectivity index (χ3n) is 5.19. The van der Waals surface area contributed by atoms with Gasteiger partial charge in [0.25, 0.3) is 15.9 Å². The van der Waals surface area contributed by atoms with Crippen LogP contribution in [-0.2, 0) is 14.8 Å². The first kappa shape index (κ1) is 24.3. The molecular weight excluding hydrogens is 438 g/mol. The standard InChI is InChI=1S/C25H29N3O4S/c1-2-3-4-7-16-26-24(29)18-27-25(30)20-10-13-22(14-11-20)28-33(31,32)23-15-12-19-8-5-6-9-21(19)17-23/h5-6,8-15,17,28H,2-4,7,16,18H2,1H3,(H,26,29)(H,27,30). The Bertz CT molecular complexity index is 1210. The van der Waals surface area contributed by atoms with Crippen molar-refractivity contribution in [2.45, 2.75) is 37.5 Å². The topological polar surface area (TPSA) is 104 Å². The minimum atomic E-state index is -3.78. The summed E-state index contributed by atoms with van der Waals surface area (Å²) in [6.45, 7) is 2.62. The highest BCUT2D eigenvalue weighted by atomic mass is 32.2. The van der Waals surface area contributed by atoms with Gasteiger partial charge >= 0.3 is 0 Å². The minimum absolute atomic E-state index is 0.108. The van der Waals surface area contributed by atoms with Crippen molar-refractivity contribution >= 4 is 38.3 Å². The van der Waals surface area contributed by atoms with Crippen molar-refractivity contribution in [3.8, 4) is 0 Å². The summed E-state index contributed by atoms with van der Waals surface area (Å²) in [5, 5.41) is 7.14. The number of anilines is 1. The zero-order valence-electron chi connectivity index (χ0n) is 18.6. The molecule has 0 aliphatic heterocycles. The Morgan fingerprint density at radius 3 is 2.27 bits per heavy atom. The van der Waals surface area contributed by atoms with Crippen LogP contribution in [0.25, 0.3) is 10.8 Å². The van der Waals surface area contributed by atoms with E-state index in [1.54, 1.807) is 18.2 Å². The van der Waals surface area contributed by atoms with Crippen LogP contribution in [0, 0.1) is 0 Å². The molecule has 0 bridgehead atoms. The number of fused-ring (bicyclic) bond motifs is 1. The number of sulfonamides is 1. The van der Waals surface area contributed by atoms with Gasteiger partial charge in [-0.15, -0.1) is 0 Å². The third kappa shape index (κ3) is 7.05. The largest absolute Gasteiger partial charge is 0.355 e. The molecular formula is C25H29N3O4S. The number of nitrogens with one attached hydrogen (secondary N) is 3. The number of hydrogen-bond acceptors (Lipinski definition) is 4. The van der Waals surface area contributed by atoms with Crippen LogP contribution >= 0.6 is 0 Å². The predicted octanol–water partition coefficient (Wildman–Crippen LogP) is 4.07. The third-order valence-corrected chi connectivity index (χ3v) is 6.57. The molecule has 174 valence electrons. The molecule has 3 aromatic carbocycles. The highest BCUT2D eigenvalue weighted by molar-refractivity contribution is 7.92. The molecule has 0 heterocycles. The van der Waals surface area contributed by atoms with E-state index < -0.39 is 15.9 Å². The van der Waals surface area contributed by atoms with Gasteiger partial charge in [0.2, 0.25) is 5.91 Å². The lowest BCUT2D eigenvalue weighted by atomic mass is 10.1. The first-order chi connectivity index (χ1) is 15.9. The van der Waals surface area contributed by atoms with Crippen LogP contribution in [-0.4, -0.2) is 33.3 Å². The molecule has 0 fully saturated rings. The van der Waals surface area contributed by atoms with Crippen LogP contribution in [0.2, 0.25) is 0 Å². The van der Waals surface area contributed by atoms with Gasteiger partial charge in [-0.1, -0.05) is 56.5 Å². The molecule has 8 heteroatoms. The highest BCUT2D eigenvalue weighted by Gasteiger charge is 2.15. The van der Waals surface area contributed by atoms with E-state index in [0.29, 0.717) is 17.8 Å². The van der Waals surface area contributed by atoms with Gasteiger partial charge in [0.05, 0.1) is 11.4 Å². The summed E-state index contributed by atoms with van der Waals surface area (Å²) in [6, 6.07) is 18.5. The van der Waals surface area contributed by atoms with Crippen molar-refractivity contribution in [3.63, 3.8) is 0 Å². The molecule has 0 atom stereocenters. The average molecular weight is 468 g/mol. The summed E-state index contributed by atoms with van der Waals surface area (Å²) in [5.74, 6) is -0.639.